The number of ketones is 1. The predicted molar refractivity (Wildman–Crippen MR) is 75.2 cm³/mol. The molecular weight excluding hydrogens is 240 g/mol. The lowest BCUT2D eigenvalue weighted by Crippen LogP contribution is -2.21. The van der Waals surface area contributed by atoms with E-state index in [4.69, 9.17) is 9.47 Å². The third-order valence-corrected chi connectivity index (χ3v) is 3.53. The first-order valence-corrected chi connectivity index (χ1v) is 6.60. The van der Waals surface area contributed by atoms with Crippen LogP contribution in [0.5, 0.6) is 5.75 Å². The van der Waals surface area contributed by atoms with Crippen molar-refractivity contribution in [2.45, 2.75) is 19.3 Å². The largest absolute Gasteiger partial charge is 0.496 e. The van der Waals surface area contributed by atoms with Gasteiger partial charge < -0.3 is 9.47 Å². The van der Waals surface area contributed by atoms with Crippen LogP contribution in [0.1, 0.15) is 24.8 Å². The highest BCUT2D eigenvalue weighted by atomic mass is 16.5. The molecule has 102 valence electrons. The first-order chi connectivity index (χ1) is 9.24. The minimum absolute atomic E-state index is 0.235. The highest BCUT2D eigenvalue weighted by Gasteiger charge is 2.23. The maximum Gasteiger partial charge on any atom is 0.159 e. The van der Waals surface area contributed by atoms with Gasteiger partial charge in [-0.1, -0.05) is 18.2 Å². The highest BCUT2D eigenvalue weighted by molar-refractivity contribution is 6.00. The van der Waals surface area contributed by atoms with Crippen LogP contribution in [0.4, 0.5) is 0 Å². The molecule has 1 aliphatic carbocycles. The summed E-state index contributed by atoms with van der Waals surface area (Å²) in [6.45, 7) is 0.674. The number of ether oxygens (including phenoxy) is 2. The molecule has 0 N–H and O–H groups in total. The van der Waals surface area contributed by atoms with Gasteiger partial charge in [0.2, 0.25) is 0 Å². The Balaban J connectivity index is 2.14. The molecule has 0 radical (unpaired) electrons. The van der Waals surface area contributed by atoms with E-state index in [0.29, 0.717) is 18.9 Å². The van der Waals surface area contributed by atoms with Crippen LogP contribution >= 0.6 is 0 Å². The van der Waals surface area contributed by atoms with E-state index in [9.17, 15) is 4.79 Å². The zero-order chi connectivity index (χ0) is 13.7. The quantitative estimate of drug-likeness (QED) is 0.780. The van der Waals surface area contributed by atoms with E-state index in [1.807, 2.05) is 30.3 Å². The summed E-state index contributed by atoms with van der Waals surface area (Å²) in [7, 11) is 3.33. The molecule has 3 nitrogen and oxygen atoms in total. The minimum Gasteiger partial charge on any atom is -0.496 e. The molecule has 0 amide bonds. The van der Waals surface area contributed by atoms with Crippen LogP contribution in [0, 0.1) is 5.92 Å². The van der Waals surface area contributed by atoms with Gasteiger partial charge in [0, 0.05) is 25.7 Å². The van der Waals surface area contributed by atoms with E-state index in [1.165, 1.54) is 0 Å². The van der Waals surface area contributed by atoms with Crippen molar-refractivity contribution in [2.24, 2.45) is 5.92 Å². The van der Waals surface area contributed by atoms with Crippen molar-refractivity contribution in [3.63, 3.8) is 0 Å². The number of carbonyl (C=O) groups excluding carboxylic acids is 1. The van der Waals surface area contributed by atoms with Crippen molar-refractivity contribution in [3.05, 3.63) is 35.4 Å². The van der Waals surface area contributed by atoms with Crippen LogP contribution in [-0.4, -0.2) is 26.6 Å². The lowest BCUT2D eigenvalue weighted by molar-refractivity contribution is -0.118. The molecule has 0 aromatic heterocycles. The molecule has 1 aromatic carbocycles. The summed E-state index contributed by atoms with van der Waals surface area (Å²) in [6.07, 6.45) is 4.39. The van der Waals surface area contributed by atoms with Gasteiger partial charge in [-0.05, 0) is 36.5 Å². The van der Waals surface area contributed by atoms with Gasteiger partial charge in [-0.25, -0.2) is 0 Å². The number of carbonyl (C=O) groups is 1. The molecule has 1 atom stereocenters. The molecule has 2 rings (SSSR count). The smallest absolute Gasteiger partial charge is 0.159 e. The van der Waals surface area contributed by atoms with Crippen molar-refractivity contribution in [2.75, 3.05) is 20.8 Å². The Bertz CT molecular complexity index is 477. The van der Waals surface area contributed by atoms with Crippen LogP contribution in [0.15, 0.2) is 29.8 Å². The monoisotopic (exact) mass is 260 g/mol. The van der Waals surface area contributed by atoms with Crippen molar-refractivity contribution in [3.8, 4) is 5.75 Å². The summed E-state index contributed by atoms with van der Waals surface area (Å²) in [6, 6.07) is 7.77. The average Bonchev–Trinajstić information content (AvgIpc) is 2.43. The van der Waals surface area contributed by atoms with Gasteiger partial charge in [0.15, 0.2) is 5.78 Å². The Morgan fingerprint density at radius 3 is 2.79 bits per heavy atom. The summed E-state index contributed by atoms with van der Waals surface area (Å²) >= 11 is 0. The second kappa shape index (κ2) is 6.53. The lowest BCUT2D eigenvalue weighted by Gasteiger charge is -2.22. The number of rotatable bonds is 4. The van der Waals surface area contributed by atoms with Crippen LogP contribution in [-0.2, 0) is 9.53 Å². The van der Waals surface area contributed by atoms with Gasteiger partial charge in [0.25, 0.3) is 0 Å². The van der Waals surface area contributed by atoms with Crippen LogP contribution in [0.2, 0.25) is 0 Å². The van der Waals surface area contributed by atoms with E-state index in [-0.39, 0.29) is 5.78 Å². The number of hydrogen-bond acceptors (Lipinski definition) is 3. The molecule has 1 saturated carbocycles. The van der Waals surface area contributed by atoms with Gasteiger partial charge in [0.1, 0.15) is 5.75 Å². The lowest BCUT2D eigenvalue weighted by atomic mass is 9.84. The highest BCUT2D eigenvalue weighted by Crippen LogP contribution is 2.29. The topological polar surface area (TPSA) is 35.5 Å². The van der Waals surface area contributed by atoms with Crippen LogP contribution < -0.4 is 4.74 Å². The molecule has 1 fully saturated rings. The van der Waals surface area contributed by atoms with Gasteiger partial charge in [0.05, 0.1) is 7.11 Å². The van der Waals surface area contributed by atoms with Gasteiger partial charge in [-0.2, -0.15) is 0 Å². The van der Waals surface area contributed by atoms with Crippen molar-refractivity contribution >= 4 is 11.9 Å². The fraction of sp³-hybridized carbons (Fsp3) is 0.438. The van der Waals surface area contributed by atoms with Crippen LogP contribution in [0.3, 0.4) is 0 Å². The molecule has 1 aromatic rings. The van der Waals surface area contributed by atoms with Gasteiger partial charge >= 0.3 is 0 Å². The molecule has 19 heavy (non-hydrogen) atoms. The zero-order valence-electron chi connectivity index (χ0n) is 11.5. The summed E-state index contributed by atoms with van der Waals surface area (Å²) in [4.78, 5) is 12.1. The number of hydrogen-bond donors (Lipinski definition) is 0. The van der Waals surface area contributed by atoms with E-state index >= 15 is 0 Å². The molecule has 3 heteroatoms. The number of methoxy groups -OCH3 is 2. The molecule has 0 saturated heterocycles. The average molecular weight is 260 g/mol. The standard InChI is InChI=1S/C16H20O3/c1-18-11-12-7-8-13(15(17)9-12)10-14-5-3-4-6-16(14)19-2/h3-6,10,12H,7-9,11H2,1-2H3/b13-10-. The van der Waals surface area contributed by atoms with Gasteiger partial charge in [-0.3, -0.25) is 4.79 Å². The predicted octanol–water partition coefficient (Wildman–Crippen LogP) is 3.09. The third-order valence-electron chi connectivity index (χ3n) is 3.53. The Hall–Kier alpha value is -1.61. The number of allylic oxidation sites excluding steroid dienone is 1. The van der Waals surface area contributed by atoms with Crippen molar-refractivity contribution in [1.82, 2.24) is 0 Å². The molecule has 1 unspecified atom stereocenters. The summed E-state index contributed by atoms with van der Waals surface area (Å²) in [5.41, 5.74) is 1.87. The van der Waals surface area contributed by atoms with E-state index in [1.54, 1.807) is 14.2 Å². The summed E-state index contributed by atoms with van der Waals surface area (Å²) < 4.78 is 10.4. The number of para-hydroxylation sites is 1. The SMILES string of the molecule is COCC1CC/C(=C/c2ccccc2OC)C(=O)C1. The fourth-order valence-corrected chi connectivity index (χ4v) is 2.50. The van der Waals surface area contributed by atoms with E-state index in [0.717, 1.165) is 29.7 Å². The Morgan fingerprint density at radius 2 is 2.11 bits per heavy atom. The van der Waals surface area contributed by atoms with Gasteiger partial charge in [-0.15, -0.1) is 0 Å². The first kappa shape index (κ1) is 13.8. The second-order valence-corrected chi connectivity index (χ2v) is 4.90. The van der Waals surface area contributed by atoms with E-state index < -0.39 is 0 Å². The molecular formula is C16H20O3. The normalized spacial score (nSPS) is 21.7. The van der Waals surface area contributed by atoms with E-state index in [2.05, 4.69) is 0 Å². The Morgan fingerprint density at radius 1 is 1.32 bits per heavy atom. The zero-order valence-corrected chi connectivity index (χ0v) is 11.5. The van der Waals surface area contributed by atoms with Crippen molar-refractivity contribution < 1.29 is 14.3 Å². The molecule has 0 heterocycles. The Labute approximate surface area is 114 Å². The molecule has 0 bridgehead atoms. The maximum atomic E-state index is 12.1. The summed E-state index contributed by atoms with van der Waals surface area (Å²) in [5, 5.41) is 0. The molecule has 0 spiro atoms. The third kappa shape index (κ3) is 3.44. The maximum absolute atomic E-state index is 12.1. The second-order valence-electron chi connectivity index (χ2n) is 4.90. The minimum atomic E-state index is 0.235. The summed E-state index contributed by atoms with van der Waals surface area (Å²) in [5.74, 6) is 1.41. The Kier molecular flexibility index (Phi) is 4.74. The molecule has 1 aliphatic rings. The van der Waals surface area contributed by atoms with Crippen molar-refractivity contribution in [1.29, 1.82) is 0 Å². The number of benzene rings is 1. The first-order valence-electron chi connectivity index (χ1n) is 6.60. The fourth-order valence-electron chi connectivity index (χ4n) is 2.50. The number of Topliss-reactive ketones (excluding diaryl/α,β-unsaturated/α-hetero) is 1. The molecule has 0 aliphatic heterocycles. The van der Waals surface area contributed by atoms with Crippen LogP contribution in [0.25, 0.3) is 6.08 Å².